The van der Waals surface area contributed by atoms with E-state index >= 15 is 0 Å². The molecule has 2 aromatic rings. The minimum atomic E-state index is -1.03. The highest BCUT2D eigenvalue weighted by Crippen LogP contribution is 2.15. The van der Waals surface area contributed by atoms with Crippen molar-refractivity contribution in [2.24, 2.45) is 0 Å². The lowest BCUT2D eigenvalue weighted by Crippen LogP contribution is -2.21. The molecule has 0 radical (unpaired) electrons. The molecule has 1 amide bonds. The number of H-pyrrole nitrogens is 1. The molecule has 6 heteroatoms. The number of aromatic carboxylic acids is 1. The number of nitrogens with one attached hydrogen (secondary N) is 2. The second kappa shape index (κ2) is 5.62. The van der Waals surface area contributed by atoms with E-state index in [-0.39, 0.29) is 16.6 Å². The maximum atomic E-state index is 12.0. The number of rotatable bonds is 3. The topological polar surface area (TPSA) is 99.3 Å². The summed E-state index contributed by atoms with van der Waals surface area (Å²) in [6.45, 7) is 3.36. The minimum Gasteiger partial charge on any atom is -0.478 e. The second-order valence-corrected chi connectivity index (χ2v) is 4.68. The average molecular weight is 286 g/mol. The van der Waals surface area contributed by atoms with E-state index < -0.39 is 11.9 Å². The van der Waals surface area contributed by atoms with Crippen LogP contribution in [0.3, 0.4) is 0 Å². The van der Waals surface area contributed by atoms with Crippen LogP contribution in [0, 0.1) is 13.8 Å². The molecule has 2 rings (SSSR count). The van der Waals surface area contributed by atoms with Gasteiger partial charge in [-0.2, -0.15) is 0 Å². The van der Waals surface area contributed by atoms with E-state index in [2.05, 4.69) is 10.3 Å². The first kappa shape index (κ1) is 14.5. The molecule has 0 aliphatic carbocycles. The Balaban J connectivity index is 2.26. The Morgan fingerprint density at radius 2 is 1.86 bits per heavy atom. The smallest absolute Gasteiger partial charge is 0.335 e. The molecule has 1 heterocycles. The Kier molecular flexibility index (Phi) is 3.89. The number of carboxylic acid groups (broad SMARTS) is 1. The zero-order valence-electron chi connectivity index (χ0n) is 11.6. The zero-order valence-corrected chi connectivity index (χ0v) is 11.6. The molecule has 0 saturated heterocycles. The molecule has 0 spiro atoms. The van der Waals surface area contributed by atoms with Crippen molar-refractivity contribution in [1.29, 1.82) is 0 Å². The standard InChI is InChI=1S/C15H14N2O4/c1-8-5-10(3-4-11(8)15(20)21)17-14(19)12-7-16-9(2)6-13(12)18/h3-7H,1-2H3,(H,16,18)(H,17,19)(H,20,21). The monoisotopic (exact) mass is 286 g/mol. The molecular formula is C15H14N2O4. The van der Waals surface area contributed by atoms with Gasteiger partial charge in [-0.25, -0.2) is 4.79 Å². The highest BCUT2D eigenvalue weighted by molar-refractivity contribution is 6.04. The van der Waals surface area contributed by atoms with Gasteiger partial charge in [0, 0.05) is 23.6 Å². The van der Waals surface area contributed by atoms with Gasteiger partial charge in [-0.3, -0.25) is 9.59 Å². The van der Waals surface area contributed by atoms with Crippen LogP contribution in [0.2, 0.25) is 0 Å². The molecule has 0 saturated carbocycles. The van der Waals surface area contributed by atoms with Gasteiger partial charge in [0.05, 0.1) is 5.56 Å². The number of amides is 1. The number of aromatic nitrogens is 1. The molecule has 108 valence electrons. The fraction of sp³-hybridized carbons (Fsp3) is 0.133. The molecule has 0 atom stereocenters. The Morgan fingerprint density at radius 1 is 1.14 bits per heavy atom. The van der Waals surface area contributed by atoms with Gasteiger partial charge in [0.1, 0.15) is 5.56 Å². The van der Waals surface area contributed by atoms with Crippen molar-refractivity contribution in [3.8, 4) is 0 Å². The number of benzene rings is 1. The second-order valence-electron chi connectivity index (χ2n) is 4.68. The predicted molar refractivity (Wildman–Crippen MR) is 77.9 cm³/mol. The lowest BCUT2D eigenvalue weighted by atomic mass is 10.1. The fourth-order valence-electron chi connectivity index (χ4n) is 1.93. The van der Waals surface area contributed by atoms with Gasteiger partial charge in [-0.15, -0.1) is 0 Å². The van der Waals surface area contributed by atoms with Gasteiger partial charge in [-0.1, -0.05) is 0 Å². The molecule has 3 N–H and O–H groups in total. The van der Waals surface area contributed by atoms with Crippen LogP contribution in [0.4, 0.5) is 5.69 Å². The fourth-order valence-corrected chi connectivity index (χ4v) is 1.93. The third kappa shape index (κ3) is 3.17. The van der Waals surface area contributed by atoms with Crippen molar-refractivity contribution in [2.45, 2.75) is 13.8 Å². The van der Waals surface area contributed by atoms with Crippen molar-refractivity contribution in [2.75, 3.05) is 5.32 Å². The summed E-state index contributed by atoms with van der Waals surface area (Å²) < 4.78 is 0. The first-order valence-electron chi connectivity index (χ1n) is 6.23. The molecule has 0 aliphatic rings. The minimum absolute atomic E-state index is 0.000522. The largest absolute Gasteiger partial charge is 0.478 e. The van der Waals surface area contributed by atoms with Crippen LogP contribution in [0.5, 0.6) is 0 Å². The number of carboxylic acids is 1. The van der Waals surface area contributed by atoms with Crippen LogP contribution < -0.4 is 10.7 Å². The molecule has 1 aromatic heterocycles. The van der Waals surface area contributed by atoms with E-state index in [0.717, 1.165) is 0 Å². The van der Waals surface area contributed by atoms with E-state index in [4.69, 9.17) is 5.11 Å². The van der Waals surface area contributed by atoms with Crippen LogP contribution >= 0.6 is 0 Å². The molecule has 0 unspecified atom stereocenters. The van der Waals surface area contributed by atoms with E-state index in [1.807, 2.05) is 0 Å². The van der Waals surface area contributed by atoms with Crippen molar-refractivity contribution in [1.82, 2.24) is 4.98 Å². The van der Waals surface area contributed by atoms with E-state index in [9.17, 15) is 14.4 Å². The first-order valence-corrected chi connectivity index (χ1v) is 6.23. The lowest BCUT2D eigenvalue weighted by molar-refractivity contribution is 0.0696. The normalized spacial score (nSPS) is 10.2. The summed E-state index contributed by atoms with van der Waals surface area (Å²) >= 11 is 0. The highest BCUT2D eigenvalue weighted by Gasteiger charge is 2.12. The van der Waals surface area contributed by atoms with E-state index in [1.54, 1.807) is 19.9 Å². The van der Waals surface area contributed by atoms with Gasteiger partial charge < -0.3 is 15.4 Å². The van der Waals surface area contributed by atoms with Gasteiger partial charge >= 0.3 is 5.97 Å². The van der Waals surface area contributed by atoms with Crippen LogP contribution in [0.25, 0.3) is 0 Å². The summed E-state index contributed by atoms with van der Waals surface area (Å²) in [4.78, 5) is 37.5. The number of carbonyl (C=O) groups is 2. The Morgan fingerprint density at radius 3 is 2.43 bits per heavy atom. The number of carbonyl (C=O) groups excluding carboxylic acids is 1. The summed E-state index contributed by atoms with van der Waals surface area (Å²) in [5.74, 6) is -1.57. The Bertz CT molecular complexity index is 777. The van der Waals surface area contributed by atoms with Crippen LogP contribution in [-0.2, 0) is 0 Å². The number of hydrogen-bond acceptors (Lipinski definition) is 3. The molecule has 0 fully saturated rings. The number of aromatic amines is 1. The summed E-state index contributed by atoms with van der Waals surface area (Å²) in [5.41, 5.74) is 1.42. The Hall–Kier alpha value is -2.89. The maximum Gasteiger partial charge on any atom is 0.335 e. The number of hydrogen-bond donors (Lipinski definition) is 3. The maximum absolute atomic E-state index is 12.0. The van der Waals surface area contributed by atoms with Gasteiger partial charge in [0.15, 0.2) is 5.43 Å². The van der Waals surface area contributed by atoms with Crippen molar-refractivity contribution in [3.63, 3.8) is 0 Å². The third-order valence-electron chi connectivity index (χ3n) is 3.02. The highest BCUT2D eigenvalue weighted by atomic mass is 16.4. The van der Waals surface area contributed by atoms with Crippen LogP contribution in [0.15, 0.2) is 35.3 Å². The van der Waals surface area contributed by atoms with Gasteiger partial charge in [0.25, 0.3) is 5.91 Å². The van der Waals surface area contributed by atoms with Gasteiger partial charge in [-0.05, 0) is 37.6 Å². The van der Waals surface area contributed by atoms with E-state index in [0.29, 0.717) is 16.9 Å². The third-order valence-corrected chi connectivity index (χ3v) is 3.02. The van der Waals surface area contributed by atoms with Crippen LogP contribution in [-0.4, -0.2) is 22.0 Å². The summed E-state index contributed by atoms with van der Waals surface area (Å²) in [6.07, 6.45) is 1.35. The van der Waals surface area contributed by atoms with Crippen molar-refractivity contribution < 1.29 is 14.7 Å². The number of pyridine rings is 1. The molecule has 6 nitrogen and oxygen atoms in total. The zero-order chi connectivity index (χ0) is 15.6. The van der Waals surface area contributed by atoms with Crippen molar-refractivity contribution >= 4 is 17.6 Å². The Labute approximate surface area is 120 Å². The van der Waals surface area contributed by atoms with Crippen molar-refractivity contribution in [3.05, 3.63) is 63.1 Å². The quantitative estimate of drug-likeness (QED) is 0.802. The molecule has 21 heavy (non-hydrogen) atoms. The summed E-state index contributed by atoms with van der Waals surface area (Å²) in [6, 6.07) is 5.78. The predicted octanol–water partition coefficient (Wildman–Crippen LogP) is 1.94. The lowest BCUT2D eigenvalue weighted by Gasteiger charge is -2.07. The van der Waals surface area contributed by atoms with E-state index in [1.165, 1.54) is 24.4 Å². The number of aryl methyl sites for hydroxylation is 2. The SMILES string of the molecule is Cc1cc(=O)c(C(=O)Nc2ccc(C(=O)O)c(C)c2)c[nH]1. The molecule has 0 aliphatic heterocycles. The van der Waals surface area contributed by atoms with Gasteiger partial charge in [0.2, 0.25) is 0 Å². The molecule has 1 aromatic carbocycles. The summed E-state index contributed by atoms with van der Waals surface area (Å²) in [7, 11) is 0. The first-order chi connectivity index (χ1) is 9.88. The average Bonchev–Trinajstić information content (AvgIpc) is 2.37. The number of anilines is 1. The molecule has 0 bridgehead atoms. The summed E-state index contributed by atoms with van der Waals surface area (Å²) in [5, 5.41) is 11.5. The van der Waals surface area contributed by atoms with Crippen LogP contribution in [0.1, 0.15) is 32.0 Å². The molecular weight excluding hydrogens is 272 g/mol.